The summed E-state index contributed by atoms with van der Waals surface area (Å²) >= 11 is 9.56. The highest BCUT2D eigenvalue weighted by Crippen LogP contribution is 2.33. The lowest BCUT2D eigenvalue weighted by Gasteiger charge is -2.20. The molecular formula is C17H17BrClNO. The highest BCUT2D eigenvalue weighted by Gasteiger charge is 2.16. The molecule has 0 fully saturated rings. The third kappa shape index (κ3) is 3.19. The van der Waals surface area contributed by atoms with E-state index in [1.807, 2.05) is 18.2 Å². The first-order valence-electron chi connectivity index (χ1n) is 7.14. The molecule has 2 nitrogen and oxygen atoms in total. The van der Waals surface area contributed by atoms with Crippen LogP contribution in [0.25, 0.3) is 0 Å². The van der Waals surface area contributed by atoms with Gasteiger partial charge in [0.15, 0.2) is 0 Å². The zero-order valence-electron chi connectivity index (χ0n) is 11.8. The van der Waals surface area contributed by atoms with Gasteiger partial charge in [-0.3, -0.25) is 0 Å². The lowest BCUT2D eigenvalue weighted by Crippen LogP contribution is -2.10. The van der Waals surface area contributed by atoms with Crippen LogP contribution in [0.2, 0.25) is 5.02 Å². The molecule has 0 amide bonds. The summed E-state index contributed by atoms with van der Waals surface area (Å²) in [6, 6.07) is 12.6. The fourth-order valence-electron chi connectivity index (χ4n) is 2.64. The first kappa shape index (κ1) is 14.7. The van der Waals surface area contributed by atoms with Crippen molar-refractivity contribution in [2.24, 2.45) is 0 Å². The molecule has 0 aliphatic carbocycles. The average molecular weight is 367 g/mol. The van der Waals surface area contributed by atoms with Gasteiger partial charge in [0.05, 0.1) is 12.6 Å². The number of rotatable bonds is 4. The Morgan fingerprint density at radius 1 is 1.29 bits per heavy atom. The molecule has 2 aromatic carbocycles. The zero-order valence-corrected chi connectivity index (χ0v) is 14.2. The van der Waals surface area contributed by atoms with Crippen LogP contribution in [-0.2, 0) is 6.42 Å². The van der Waals surface area contributed by atoms with Gasteiger partial charge in [-0.2, -0.15) is 0 Å². The van der Waals surface area contributed by atoms with Gasteiger partial charge in [-0.05, 0) is 63.8 Å². The molecule has 1 unspecified atom stereocenters. The molecule has 0 radical (unpaired) electrons. The number of anilines is 1. The molecule has 1 atom stereocenters. The molecule has 1 heterocycles. The van der Waals surface area contributed by atoms with Crippen molar-refractivity contribution in [3.8, 4) is 5.75 Å². The van der Waals surface area contributed by atoms with Crippen LogP contribution in [0.15, 0.2) is 40.9 Å². The van der Waals surface area contributed by atoms with Crippen molar-refractivity contribution in [1.29, 1.82) is 0 Å². The van der Waals surface area contributed by atoms with Crippen molar-refractivity contribution in [3.05, 3.63) is 57.0 Å². The van der Waals surface area contributed by atoms with Crippen molar-refractivity contribution in [2.75, 3.05) is 11.9 Å². The Kier molecular flexibility index (Phi) is 4.41. The summed E-state index contributed by atoms with van der Waals surface area (Å²) in [6.45, 7) is 2.98. The molecule has 1 aliphatic rings. The van der Waals surface area contributed by atoms with E-state index in [1.54, 1.807) is 0 Å². The number of benzene rings is 2. The monoisotopic (exact) mass is 365 g/mol. The Labute approximate surface area is 138 Å². The summed E-state index contributed by atoms with van der Waals surface area (Å²) in [5.41, 5.74) is 3.66. The molecule has 0 spiro atoms. The lowest BCUT2D eigenvalue weighted by molar-refractivity contribution is 0.357. The molecule has 0 aromatic heterocycles. The summed E-state index contributed by atoms with van der Waals surface area (Å²) in [7, 11) is 0. The largest absolute Gasteiger partial charge is 0.493 e. The summed E-state index contributed by atoms with van der Waals surface area (Å²) in [5.74, 6) is 1.03. The quantitative estimate of drug-likeness (QED) is 0.760. The summed E-state index contributed by atoms with van der Waals surface area (Å²) in [4.78, 5) is 0. The number of hydrogen-bond acceptors (Lipinski definition) is 2. The van der Waals surface area contributed by atoms with E-state index in [0.29, 0.717) is 0 Å². The van der Waals surface area contributed by atoms with E-state index >= 15 is 0 Å². The van der Waals surface area contributed by atoms with Crippen LogP contribution >= 0.6 is 27.5 Å². The highest BCUT2D eigenvalue weighted by molar-refractivity contribution is 9.10. The van der Waals surface area contributed by atoms with Crippen LogP contribution in [0.4, 0.5) is 5.69 Å². The van der Waals surface area contributed by atoms with Crippen molar-refractivity contribution in [1.82, 2.24) is 0 Å². The van der Waals surface area contributed by atoms with Gasteiger partial charge < -0.3 is 10.1 Å². The van der Waals surface area contributed by atoms with Gasteiger partial charge in [-0.25, -0.2) is 0 Å². The molecule has 3 rings (SSSR count). The summed E-state index contributed by atoms with van der Waals surface area (Å²) in [5, 5.41) is 4.32. The molecular weight excluding hydrogens is 350 g/mol. The van der Waals surface area contributed by atoms with Gasteiger partial charge in [0.25, 0.3) is 0 Å². The van der Waals surface area contributed by atoms with Crippen LogP contribution < -0.4 is 10.1 Å². The predicted molar refractivity (Wildman–Crippen MR) is 91.4 cm³/mol. The van der Waals surface area contributed by atoms with Gasteiger partial charge >= 0.3 is 0 Å². The van der Waals surface area contributed by atoms with E-state index in [1.165, 1.54) is 11.1 Å². The third-order valence-corrected chi connectivity index (χ3v) is 4.68. The van der Waals surface area contributed by atoms with Crippen LogP contribution in [0.5, 0.6) is 5.75 Å². The Morgan fingerprint density at radius 3 is 2.90 bits per heavy atom. The van der Waals surface area contributed by atoms with E-state index in [9.17, 15) is 0 Å². The van der Waals surface area contributed by atoms with E-state index < -0.39 is 0 Å². The Balaban J connectivity index is 1.85. The fraction of sp³-hybridized carbons (Fsp3) is 0.294. The third-order valence-electron chi connectivity index (χ3n) is 3.78. The SMILES string of the molecule is CCC(Nc1ccc(Cl)cc1Br)c1ccc2c(c1)CCO2. The molecule has 2 aromatic rings. The maximum Gasteiger partial charge on any atom is 0.122 e. The minimum absolute atomic E-state index is 0.272. The number of halogens is 2. The maximum atomic E-state index is 6.00. The topological polar surface area (TPSA) is 21.3 Å². The van der Waals surface area contributed by atoms with E-state index in [2.05, 4.69) is 46.4 Å². The van der Waals surface area contributed by atoms with Crippen molar-refractivity contribution in [2.45, 2.75) is 25.8 Å². The summed E-state index contributed by atoms with van der Waals surface area (Å²) < 4.78 is 6.56. The fourth-order valence-corrected chi connectivity index (χ4v) is 3.44. The molecule has 0 saturated carbocycles. The zero-order chi connectivity index (χ0) is 14.8. The number of fused-ring (bicyclic) bond motifs is 1. The Bertz CT molecular complexity index is 659. The molecule has 110 valence electrons. The molecule has 4 heteroatoms. The minimum Gasteiger partial charge on any atom is -0.493 e. The first-order chi connectivity index (χ1) is 10.2. The van der Waals surface area contributed by atoms with Gasteiger partial charge in [0, 0.05) is 21.6 Å². The van der Waals surface area contributed by atoms with Crippen molar-refractivity contribution >= 4 is 33.2 Å². The van der Waals surface area contributed by atoms with E-state index in [0.717, 1.165) is 40.4 Å². The standard InChI is InChI=1S/C17H17BrClNO/c1-2-15(20-16-5-4-13(19)10-14(16)18)11-3-6-17-12(9-11)7-8-21-17/h3-6,9-10,15,20H,2,7-8H2,1H3. The lowest BCUT2D eigenvalue weighted by atomic mass is 10.0. The molecule has 21 heavy (non-hydrogen) atoms. The maximum absolute atomic E-state index is 6.00. The van der Waals surface area contributed by atoms with Gasteiger partial charge in [0.1, 0.15) is 5.75 Å². The second kappa shape index (κ2) is 6.29. The number of hydrogen-bond donors (Lipinski definition) is 1. The molecule has 0 bridgehead atoms. The van der Waals surface area contributed by atoms with Gasteiger partial charge in [0.2, 0.25) is 0 Å². The van der Waals surface area contributed by atoms with Crippen LogP contribution in [0.1, 0.15) is 30.5 Å². The van der Waals surface area contributed by atoms with Crippen LogP contribution in [-0.4, -0.2) is 6.61 Å². The van der Waals surface area contributed by atoms with Gasteiger partial charge in [-0.15, -0.1) is 0 Å². The Morgan fingerprint density at radius 2 is 2.14 bits per heavy atom. The normalized spacial score (nSPS) is 14.4. The average Bonchev–Trinajstić information content (AvgIpc) is 2.94. The summed E-state index contributed by atoms with van der Waals surface area (Å²) in [6.07, 6.45) is 2.01. The predicted octanol–water partition coefficient (Wildman–Crippen LogP) is 5.60. The number of nitrogens with one attached hydrogen (secondary N) is 1. The van der Waals surface area contributed by atoms with Crippen molar-refractivity contribution in [3.63, 3.8) is 0 Å². The highest BCUT2D eigenvalue weighted by atomic mass is 79.9. The second-order valence-electron chi connectivity index (χ2n) is 5.19. The second-order valence-corrected chi connectivity index (χ2v) is 6.49. The van der Waals surface area contributed by atoms with Crippen molar-refractivity contribution < 1.29 is 4.74 Å². The first-order valence-corrected chi connectivity index (χ1v) is 8.31. The molecule has 1 aliphatic heterocycles. The van der Waals surface area contributed by atoms with E-state index in [-0.39, 0.29) is 6.04 Å². The molecule has 1 N–H and O–H groups in total. The van der Waals surface area contributed by atoms with E-state index in [4.69, 9.17) is 16.3 Å². The Hall–Kier alpha value is -1.19. The van der Waals surface area contributed by atoms with Crippen LogP contribution in [0, 0.1) is 0 Å². The number of ether oxygens (including phenoxy) is 1. The molecule has 0 saturated heterocycles. The minimum atomic E-state index is 0.272. The smallest absolute Gasteiger partial charge is 0.122 e. The van der Waals surface area contributed by atoms with Crippen LogP contribution in [0.3, 0.4) is 0 Å². The van der Waals surface area contributed by atoms with Gasteiger partial charge in [-0.1, -0.05) is 24.6 Å².